The number of halogens is 1. The van der Waals surface area contributed by atoms with Crippen molar-refractivity contribution >= 4 is 38.6 Å². The molecule has 114 valence electrons. The summed E-state index contributed by atoms with van der Waals surface area (Å²) in [6, 6.07) is 5.72. The number of aromatic amines is 1. The number of carbonyl (C=O) groups is 2. The Morgan fingerprint density at radius 1 is 1.24 bits per heavy atom. The third-order valence-electron chi connectivity index (χ3n) is 3.02. The van der Waals surface area contributed by atoms with E-state index in [2.05, 4.69) is 20.9 Å². The number of hydrogen-bond acceptors (Lipinski definition) is 2. The molecule has 0 amide bonds. The zero-order valence-corrected chi connectivity index (χ0v) is 14.1. The number of Topliss-reactive ketones (excluding diaryl/α,β-unsaturated/α-hetero) is 1. The third-order valence-corrected chi connectivity index (χ3v) is 3.51. The average molecular weight is 354 g/mol. The van der Waals surface area contributed by atoms with Crippen molar-refractivity contribution in [2.24, 2.45) is 0 Å². The van der Waals surface area contributed by atoms with Crippen LogP contribution in [-0.4, -0.2) is 21.8 Å². The van der Waals surface area contributed by atoms with Crippen molar-refractivity contribution in [3.05, 3.63) is 33.9 Å². The standard InChI is InChI=1S/C14H14BrNO3.C2H6/c1-8-14(12(17)3-2-4-13(18)19)10-6-5-9(15)7-11(10)16-8;1-2/h5-7,16H,2-4H2,1H3,(H,18,19);1-2H3. The van der Waals surface area contributed by atoms with E-state index in [1.54, 1.807) is 0 Å². The number of aliphatic carboxylic acids is 1. The Kier molecular flexibility index (Phi) is 6.62. The number of carboxylic acid groups (broad SMARTS) is 1. The fraction of sp³-hybridized carbons (Fsp3) is 0.375. The molecule has 0 spiro atoms. The minimum Gasteiger partial charge on any atom is -0.481 e. The van der Waals surface area contributed by atoms with Crippen LogP contribution in [0.2, 0.25) is 0 Å². The molecular formula is C16H20BrNO3. The topological polar surface area (TPSA) is 70.2 Å². The van der Waals surface area contributed by atoms with Crippen LogP contribution in [0.3, 0.4) is 0 Å². The monoisotopic (exact) mass is 353 g/mol. The quantitative estimate of drug-likeness (QED) is 0.765. The molecule has 0 aliphatic heterocycles. The van der Waals surface area contributed by atoms with Crippen LogP contribution in [0, 0.1) is 6.92 Å². The fourth-order valence-corrected chi connectivity index (χ4v) is 2.55. The summed E-state index contributed by atoms with van der Waals surface area (Å²) in [5, 5.41) is 9.48. The van der Waals surface area contributed by atoms with Gasteiger partial charge in [-0.05, 0) is 25.5 Å². The van der Waals surface area contributed by atoms with E-state index in [0.717, 1.165) is 21.1 Å². The maximum Gasteiger partial charge on any atom is 0.303 e. The number of carbonyl (C=O) groups excluding carboxylic acids is 1. The van der Waals surface area contributed by atoms with Crippen molar-refractivity contribution in [2.75, 3.05) is 0 Å². The Balaban J connectivity index is 0.00000106. The minimum absolute atomic E-state index is 0.00711. The number of hydrogen-bond donors (Lipinski definition) is 2. The van der Waals surface area contributed by atoms with Gasteiger partial charge in [-0.1, -0.05) is 35.8 Å². The molecule has 2 rings (SSSR count). The first-order valence-corrected chi connectivity index (χ1v) is 7.81. The van der Waals surface area contributed by atoms with Crippen molar-refractivity contribution in [1.82, 2.24) is 4.98 Å². The van der Waals surface area contributed by atoms with E-state index >= 15 is 0 Å². The van der Waals surface area contributed by atoms with Crippen molar-refractivity contribution in [3.63, 3.8) is 0 Å². The summed E-state index contributed by atoms with van der Waals surface area (Å²) in [5.74, 6) is -0.875. The molecule has 0 aliphatic rings. The zero-order chi connectivity index (χ0) is 16.0. The van der Waals surface area contributed by atoms with Gasteiger partial charge in [0, 0.05) is 39.5 Å². The van der Waals surface area contributed by atoms with Gasteiger partial charge in [-0.25, -0.2) is 0 Å². The molecule has 1 aromatic heterocycles. The van der Waals surface area contributed by atoms with Gasteiger partial charge in [0.05, 0.1) is 0 Å². The van der Waals surface area contributed by atoms with E-state index in [1.807, 2.05) is 39.0 Å². The number of rotatable bonds is 5. The van der Waals surface area contributed by atoms with Crippen molar-refractivity contribution < 1.29 is 14.7 Å². The van der Waals surface area contributed by atoms with Crippen LogP contribution >= 0.6 is 15.9 Å². The third kappa shape index (κ3) is 4.43. The Morgan fingerprint density at radius 2 is 1.90 bits per heavy atom. The summed E-state index contributed by atoms with van der Waals surface area (Å²) in [7, 11) is 0. The molecule has 4 nitrogen and oxygen atoms in total. The number of H-pyrrole nitrogens is 1. The van der Waals surface area contributed by atoms with Gasteiger partial charge in [0.1, 0.15) is 0 Å². The fourth-order valence-electron chi connectivity index (χ4n) is 2.19. The molecule has 0 saturated heterocycles. The number of aromatic nitrogens is 1. The summed E-state index contributed by atoms with van der Waals surface area (Å²) < 4.78 is 0.950. The van der Waals surface area contributed by atoms with E-state index in [1.165, 1.54) is 0 Å². The maximum atomic E-state index is 12.2. The van der Waals surface area contributed by atoms with Gasteiger partial charge in [-0.15, -0.1) is 0 Å². The van der Waals surface area contributed by atoms with E-state index in [4.69, 9.17) is 5.11 Å². The van der Waals surface area contributed by atoms with Crippen LogP contribution in [0.1, 0.15) is 49.2 Å². The van der Waals surface area contributed by atoms with Crippen molar-refractivity contribution in [2.45, 2.75) is 40.0 Å². The zero-order valence-electron chi connectivity index (χ0n) is 12.5. The van der Waals surface area contributed by atoms with E-state index in [-0.39, 0.29) is 18.6 Å². The van der Waals surface area contributed by atoms with Crippen molar-refractivity contribution in [1.29, 1.82) is 0 Å². The van der Waals surface area contributed by atoms with Gasteiger partial charge in [0.15, 0.2) is 5.78 Å². The molecule has 0 fully saturated rings. The van der Waals surface area contributed by atoms with Gasteiger partial charge < -0.3 is 10.1 Å². The van der Waals surface area contributed by atoms with E-state index in [0.29, 0.717) is 12.0 Å². The second kappa shape index (κ2) is 7.98. The van der Waals surface area contributed by atoms with Gasteiger partial charge >= 0.3 is 5.97 Å². The molecule has 0 bridgehead atoms. The van der Waals surface area contributed by atoms with Crippen LogP contribution in [-0.2, 0) is 4.79 Å². The maximum absolute atomic E-state index is 12.2. The molecule has 1 heterocycles. The highest BCUT2D eigenvalue weighted by molar-refractivity contribution is 9.10. The molecule has 1 aromatic carbocycles. The first-order valence-electron chi connectivity index (χ1n) is 7.02. The normalized spacial score (nSPS) is 10.1. The molecule has 0 unspecified atom stereocenters. The molecule has 2 aromatic rings. The number of fused-ring (bicyclic) bond motifs is 1. The number of ketones is 1. The van der Waals surface area contributed by atoms with Gasteiger partial charge in [-0.3, -0.25) is 9.59 Å². The SMILES string of the molecule is CC.Cc1[nH]c2cc(Br)ccc2c1C(=O)CCCC(=O)O. The Hall–Kier alpha value is -1.62. The van der Waals surface area contributed by atoms with Gasteiger partial charge in [0.2, 0.25) is 0 Å². The summed E-state index contributed by atoms with van der Waals surface area (Å²) in [4.78, 5) is 25.8. The molecule has 2 N–H and O–H groups in total. The largest absolute Gasteiger partial charge is 0.481 e. The molecular weight excluding hydrogens is 334 g/mol. The van der Waals surface area contributed by atoms with Crippen LogP contribution in [0.25, 0.3) is 10.9 Å². The second-order valence-corrected chi connectivity index (χ2v) is 5.40. The first kappa shape index (κ1) is 17.4. The molecule has 0 atom stereocenters. The Bertz CT molecular complexity index is 646. The van der Waals surface area contributed by atoms with Crippen LogP contribution in [0.4, 0.5) is 0 Å². The predicted molar refractivity (Wildman–Crippen MR) is 87.9 cm³/mol. The molecule has 0 saturated carbocycles. The lowest BCUT2D eigenvalue weighted by atomic mass is 10.0. The molecule has 0 radical (unpaired) electrons. The van der Waals surface area contributed by atoms with Crippen molar-refractivity contribution in [3.8, 4) is 0 Å². The van der Waals surface area contributed by atoms with Crippen LogP contribution < -0.4 is 0 Å². The lowest BCUT2D eigenvalue weighted by molar-refractivity contribution is -0.137. The van der Waals surface area contributed by atoms with Gasteiger partial charge in [0.25, 0.3) is 0 Å². The smallest absolute Gasteiger partial charge is 0.303 e. The van der Waals surface area contributed by atoms with Gasteiger partial charge in [-0.2, -0.15) is 0 Å². The van der Waals surface area contributed by atoms with Crippen LogP contribution in [0.15, 0.2) is 22.7 Å². The van der Waals surface area contributed by atoms with E-state index < -0.39 is 5.97 Å². The van der Waals surface area contributed by atoms with E-state index in [9.17, 15) is 9.59 Å². The molecule has 21 heavy (non-hydrogen) atoms. The highest BCUT2D eigenvalue weighted by Crippen LogP contribution is 2.26. The number of benzene rings is 1. The van der Waals surface area contributed by atoms with Crippen LogP contribution in [0.5, 0.6) is 0 Å². The Morgan fingerprint density at radius 3 is 2.52 bits per heavy atom. The summed E-state index contributed by atoms with van der Waals surface area (Å²) in [5.41, 5.74) is 2.41. The lowest BCUT2D eigenvalue weighted by Crippen LogP contribution is -2.02. The number of aryl methyl sites for hydroxylation is 1. The summed E-state index contributed by atoms with van der Waals surface area (Å²) >= 11 is 3.39. The minimum atomic E-state index is -0.868. The average Bonchev–Trinajstić information content (AvgIpc) is 2.75. The summed E-state index contributed by atoms with van der Waals surface area (Å²) in [6.07, 6.45) is 0.658. The highest BCUT2D eigenvalue weighted by atomic mass is 79.9. The number of nitrogens with one attached hydrogen (secondary N) is 1. The summed E-state index contributed by atoms with van der Waals surface area (Å²) in [6.45, 7) is 5.86. The predicted octanol–water partition coefficient (Wildman–Crippen LogP) is 4.70. The first-order chi connectivity index (χ1) is 9.99. The number of carboxylic acids is 1. The molecule has 0 aliphatic carbocycles. The highest BCUT2D eigenvalue weighted by Gasteiger charge is 2.16. The lowest BCUT2D eigenvalue weighted by Gasteiger charge is -2.00. The second-order valence-electron chi connectivity index (χ2n) is 4.49. The molecule has 5 heteroatoms. The Labute approximate surface area is 132 Å².